The van der Waals surface area contributed by atoms with Crippen LogP contribution in [0.15, 0.2) is 42.5 Å². The minimum absolute atomic E-state index is 0.165. The van der Waals surface area contributed by atoms with Gasteiger partial charge in [0.05, 0.1) is 8.49 Å². The molecule has 5 heteroatoms. The van der Waals surface area contributed by atoms with Gasteiger partial charge < -0.3 is 4.90 Å². The summed E-state index contributed by atoms with van der Waals surface area (Å²) in [7, 11) is 0. The molecule has 4 nitrogen and oxygen atoms in total. The van der Waals surface area contributed by atoms with Crippen LogP contribution in [0.1, 0.15) is 12.5 Å². The van der Waals surface area contributed by atoms with Crippen molar-refractivity contribution in [2.75, 3.05) is 11.4 Å². The molecule has 1 atom stereocenters. The Balaban J connectivity index is 2.05. The van der Waals surface area contributed by atoms with Gasteiger partial charge in [-0.05, 0) is 58.7 Å². The van der Waals surface area contributed by atoms with E-state index in [0.717, 1.165) is 18.7 Å². The highest BCUT2D eigenvalue weighted by atomic mass is 127. The Labute approximate surface area is 137 Å². The number of nitrogens with zero attached hydrogens (tertiary/aromatic N) is 2. The molecule has 0 aliphatic carbocycles. The minimum atomic E-state index is -0.335. The first-order valence-electron chi connectivity index (χ1n) is 6.85. The standard InChI is InChI=1S/C16H15IN2O2/c1-11-8-12-4-2-3-5-15(12)18(10-11)13-6-7-16(19(20)21)14(17)9-13/h2-7,9,11H,8,10H2,1H3. The molecule has 108 valence electrons. The van der Waals surface area contributed by atoms with Gasteiger partial charge in [0, 0.05) is 24.0 Å². The van der Waals surface area contributed by atoms with Gasteiger partial charge in [-0.25, -0.2) is 0 Å². The average Bonchev–Trinajstić information content (AvgIpc) is 2.45. The maximum atomic E-state index is 10.9. The van der Waals surface area contributed by atoms with Gasteiger partial charge in [0.1, 0.15) is 0 Å². The van der Waals surface area contributed by atoms with E-state index >= 15 is 0 Å². The topological polar surface area (TPSA) is 46.4 Å². The maximum absolute atomic E-state index is 10.9. The first-order chi connectivity index (χ1) is 10.1. The lowest BCUT2D eigenvalue weighted by Crippen LogP contribution is -2.30. The third-order valence-electron chi connectivity index (χ3n) is 3.78. The molecule has 2 aromatic carbocycles. The van der Waals surface area contributed by atoms with Gasteiger partial charge in [-0.1, -0.05) is 25.1 Å². The van der Waals surface area contributed by atoms with Crippen LogP contribution in [-0.2, 0) is 6.42 Å². The third-order valence-corrected chi connectivity index (χ3v) is 4.65. The Kier molecular flexibility index (Phi) is 3.84. The van der Waals surface area contributed by atoms with Crippen LogP contribution in [0.2, 0.25) is 0 Å². The summed E-state index contributed by atoms with van der Waals surface area (Å²) >= 11 is 2.03. The predicted molar refractivity (Wildman–Crippen MR) is 92.1 cm³/mol. The third kappa shape index (κ3) is 2.74. The van der Waals surface area contributed by atoms with E-state index in [-0.39, 0.29) is 10.6 Å². The summed E-state index contributed by atoms with van der Waals surface area (Å²) in [6.07, 6.45) is 1.08. The maximum Gasteiger partial charge on any atom is 0.282 e. The molecule has 0 spiro atoms. The number of hydrogen-bond donors (Lipinski definition) is 0. The summed E-state index contributed by atoms with van der Waals surface area (Å²) in [6.45, 7) is 3.17. The molecule has 1 aliphatic rings. The van der Waals surface area contributed by atoms with Crippen molar-refractivity contribution in [1.82, 2.24) is 0 Å². The van der Waals surface area contributed by atoms with Crippen LogP contribution in [0.25, 0.3) is 0 Å². The Bertz CT molecular complexity index is 702. The fourth-order valence-corrected chi connectivity index (χ4v) is 3.55. The molecule has 0 saturated heterocycles. The molecule has 2 aromatic rings. The lowest BCUT2D eigenvalue weighted by Gasteiger charge is -2.35. The summed E-state index contributed by atoms with van der Waals surface area (Å²) in [4.78, 5) is 12.9. The largest absolute Gasteiger partial charge is 0.341 e. The molecule has 0 N–H and O–H groups in total. The number of benzene rings is 2. The Morgan fingerprint density at radius 3 is 2.76 bits per heavy atom. The van der Waals surface area contributed by atoms with Gasteiger partial charge in [0.2, 0.25) is 0 Å². The van der Waals surface area contributed by atoms with Gasteiger partial charge in [-0.2, -0.15) is 0 Å². The van der Waals surface area contributed by atoms with E-state index in [2.05, 4.69) is 30.0 Å². The van der Waals surface area contributed by atoms with Crippen molar-refractivity contribution in [3.63, 3.8) is 0 Å². The smallest absolute Gasteiger partial charge is 0.282 e. The van der Waals surface area contributed by atoms with Crippen molar-refractivity contribution in [1.29, 1.82) is 0 Å². The molecule has 1 heterocycles. The van der Waals surface area contributed by atoms with Gasteiger partial charge in [0.25, 0.3) is 5.69 Å². The van der Waals surface area contributed by atoms with Gasteiger partial charge in [-0.15, -0.1) is 0 Å². The van der Waals surface area contributed by atoms with Crippen molar-refractivity contribution >= 4 is 39.7 Å². The van der Waals surface area contributed by atoms with E-state index in [1.54, 1.807) is 6.07 Å². The SMILES string of the molecule is CC1Cc2ccccc2N(c2ccc([N+](=O)[O-])c(I)c2)C1. The quantitative estimate of drug-likeness (QED) is 0.427. The number of nitro benzene ring substituents is 1. The Morgan fingerprint density at radius 1 is 1.29 bits per heavy atom. The molecule has 0 saturated carbocycles. The van der Waals surface area contributed by atoms with E-state index in [4.69, 9.17) is 0 Å². The highest BCUT2D eigenvalue weighted by Crippen LogP contribution is 2.37. The molecule has 0 bridgehead atoms. The van der Waals surface area contributed by atoms with Crippen LogP contribution in [0, 0.1) is 19.6 Å². The van der Waals surface area contributed by atoms with Crippen molar-refractivity contribution in [3.05, 3.63) is 61.7 Å². The molecular weight excluding hydrogens is 379 g/mol. The summed E-state index contributed by atoms with van der Waals surface area (Å²) < 4.78 is 0.672. The average molecular weight is 394 g/mol. The van der Waals surface area contributed by atoms with E-state index < -0.39 is 0 Å². The van der Waals surface area contributed by atoms with Crippen LogP contribution >= 0.6 is 22.6 Å². The summed E-state index contributed by atoms with van der Waals surface area (Å²) in [5.41, 5.74) is 3.73. The molecule has 3 rings (SSSR count). The first kappa shape index (κ1) is 14.3. The number of fused-ring (bicyclic) bond motifs is 1. The van der Waals surface area contributed by atoms with Crippen molar-refractivity contribution in [2.24, 2.45) is 5.92 Å². The second-order valence-corrected chi connectivity index (χ2v) is 6.60. The monoisotopic (exact) mass is 394 g/mol. The van der Waals surface area contributed by atoms with Crippen molar-refractivity contribution in [3.8, 4) is 0 Å². The lowest BCUT2D eigenvalue weighted by atomic mass is 9.93. The summed E-state index contributed by atoms with van der Waals surface area (Å²) in [5, 5.41) is 10.9. The molecular formula is C16H15IN2O2. The zero-order valence-corrected chi connectivity index (χ0v) is 13.8. The Morgan fingerprint density at radius 2 is 2.05 bits per heavy atom. The van der Waals surface area contributed by atoms with Crippen LogP contribution < -0.4 is 4.90 Å². The second kappa shape index (κ2) is 5.63. The molecule has 0 radical (unpaired) electrons. The molecule has 0 aromatic heterocycles. The number of para-hydroxylation sites is 1. The number of rotatable bonds is 2. The van der Waals surface area contributed by atoms with E-state index in [0.29, 0.717) is 9.49 Å². The second-order valence-electron chi connectivity index (χ2n) is 5.44. The van der Waals surface area contributed by atoms with Crippen molar-refractivity contribution < 1.29 is 4.92 Å². The highest BCUT2D eigenvalue weighted by molar-refractivity contribution is 14.1. The fourth-order valence-electron chi connectivity index (χ4n) is 2.85. The van der Waals surface area contributed by atoms with Crippen LogP contribution in [0.5, 0.6) is 0 Å². The molecule has 0 amide bonds. The number of nitro groups is 1. The van der Waals surface area contributed by atoms with Crippen molar-refractivity contribution in [2.45, 2.75) is 13.3 Å². The zero-order valence-electron chi connectivity index (χ0n) is 11.6. The minimum Gasteiger partial charge on any atom is -0.341 e. The molecule has 21 heavy (non-hydrogen) atoms. The zero-order chi connectivity index (χ0) is 15.0. The van der Waals surface area contributed by atoms with Gasteiger partial charge >= 0.3 is 0 Å². The molecule has 1 unspecified atom stereocenters. The summed E-state index contributed by atoms with van der Waals surface area (Å²) in [5.74, 6) is 0.563. The predicted octanol–water partition coefficient (Wildman–Crippen LogP) is 4.53. The normalized spacial score (nSPS) is 17.4. The Hall–Kier alpha value is -1.63. The highest BCUT2D eigenvalue weighted by Gasteiger charge is 2.23. The molecule has 1 aliphatic heterocycles. The lowest BCUT2D eigenvalue weighted by molar-refractivity contribution is -0.385. The summed E-state index contributed by atoms with van der Waals surface area (Å²) in [6, 6.07) is 13.7. The number of halogens is 1. The van der Waals surface area contributed by atoms with E-state index in [9.17, 15) is 10.1 Å². The van der Waals surface area contributed by atoms with Crippen LogP contribution in [0.3, 0.4) is 0 Å². The van der Waals surface area contributed by atoms with Crippen LogP contribution in [-0.4, -0.2) is 11.5 Å². The van der Waals surface area contributed by atoms with Gasteiger partial charge in [0.15, 0.2) is 0 Å². The van der Waals surface area contributed by atoms with Crippen LogP contribution in [0.4, 0.5) is 17.1 Å². The van der Waals surface area contributed by atoms with E-state index in [1.165, 1.54) is 11.3 Å². The number of anilines is 2. The fraction of sp³-hybridized carbons (Fsp3) is 0.250. The first-order valence-corrected chi connectivity index (χ1v) is 7.93. The van der Waals surface area contributed by atoms with E-state index in [1.807, 2.05) is 40.8 Å². The molecule has 0 fully saturated rings. The van der Waals surface area contributed by atoms with Gasteiger partial charge in [-0.3, -0.25) is 10.1 Å². The number of hydrogen-bond acceptors (Lipinski definition) is 3.